The van der Waals surface area contributed by atoms with Gasteiger partial charge in [-0.25, -0.2) is 4.39 Å². The summed E-state index contributed by atoms with van der Waals surface area (Å²) < 4.78 is 12.9. The van der Waals surface area contributed by atoms with E-state index in [1.807, 2.05) is 0 Å². The van der Waals surface area contributed by atoms with E-state index in [0.717, 1.165) is 0 Å². The van der Waals surface area contributed by atoms with Crippen molar-refractivity contribution < 1.29 is 28.7 Å². The minimum atomic E-state index is -1.76. The third kappa shape index (κ3) is 2.93. The Morgan fingerprint density at radius 2 is 2.00 bits per heavy atom. The summed E-state index contributed by atoms with van der Waals surface area (Å²) >= 11 is 0. The highest BCUT2D eigenvalue weighted by atomic mass is 19.1. The van der Waals surface area contributed by atoms with Gasteiger partial charge in [-0.1, -0.05) is 12.1 Å². The predicted molar refractivity (Wildman–Crippen MR) is 92.7 cm³/mol. The van der Waals surface area contributed by atoms with Crippen molar-refractivity contribution in [2.24, 2.45) is 0 Å². The molecule has 144 valence electrons. The Balaban J connectivity index is 1.57. The number of ketones is 2. The summed E-state index contributed by atoms with van der Waals surface area (Å²) in [6.07, 6.45) is -0.104. The molecule has 3 aliphatic rings. The summed E-state index contributed by atoms with van der Waals surface area (Å²) in [4.78, 5) is 49.9. The average Bonchev–Trinajstić information content (AvgIpc) is 3.05. The zero-order valence-corrected chi connectivity index (χ0v) is 14.7. The lowest BCUT2D eigenvalue weighted by atomic mass is 9.87. The number of carbonyl (C=O) groups excluding carboxylic acids is 3. The maximum absolute atomic E-state index is 12.9. The molecule has 2 aliphatic heterocycles. The van der Waals surface area contributed by atoms with Gasteiger partial charge >= 0.3 is 5.70 Å². The zero-order valence-electron chi connectivity index (χ0n) is 14.7. The van der Waals surface area contributed by atoms with Crippen LogP contribution >= 0.6 is 0 Å². The van der Waals surface area contributed by atoms with Crippen molar-refractivity contribution in [2.45, 2.75) is 31.5 Å². The highest BCUT2D eigenvalue weighted by Crippen LogP contribution is 2.35. The smallest absolute Gasteiger partial charge is 0.308 e. The number of rotatable bonds is 3. The summed E-state index contributed by atoms with van der Waals surface area (Å²) in [5, 5.41) is 14.2. The van der Waals surface area contributed by atoms with Crippen molar-refractivity contribution in [3.63, 3.8) is 0 Å². The molecule has 8 nitrogen and oxygen atoms in total. The van der Waals surface area contributed by atoms with Crippen molar-refractivity contribution in [3.8, 4) is 0 Å². The Morgan fingerprint density at radius 1 is 1.29 bits per heavy atom. The minimum Gasteiger partial charge on any atom is -0.375 e. The van der Waals surface area contributed by atoms with Crippen molar-refractivity contribution in [1.29, 1.82) is 0 Å². The fourth-order valence-electron chi connectivity index (χ4n) is 3.71. The van der Waals surface area contributed by atoms with Crippen LogP contribution in [-0.4, -0.2) is 51.1 Å². The van der Waals surface area contributed by atoms with Gasteiger partial charge in [0.05, 0.1) is 17.0 Å². The van der Waals surface area contributed by atoms with E-state index in [2.05, 4.69) is 5.32 Å². The molecule has 0 radical (unpaired) electrons. The average molecular weight is 386 g/mol. The van der Waals surface area contributed by atoms with Gasteiger partial charge in [-0.2, -0.15) is 0 Å². The number of halogens is 1. The molecule has 1 aromatic rings. The summed E-state index contributed by atoms with van der Waals surface area (Å²) in [6.45, 7) is 0.299. The number of amides is 1. The molecule has 4 rings (SSSR count). The Labute approximate surface area is 158 Å². The molecular weight excluding hydrogens is 369 g/mol. The molecule has 0 aromatic heterocycles. The van der Waals surface area contributed by atoms with Crippen LogP contribution in [0.3, 0.4) is 0 Å². The molecule has 2 unspecified atom stereocenters. The number of nitroso groups, excluding NO2 is 1. The summed E-state index contributed by atoms with van der Waals surface area (Å²) in [6, 6.07) is 4.86. The van der Waals surface area contributed by atoms with E-state index in [4.69, 9.17) is 0 Å². The van der Waals surface area contributed by atoms with Gasteiger partial charge in [-0.3, -0.25) is 14.4 Å². The van der Waals surface area contributed by atoms with Crippen molar-refractivity contribution >= 4 is 17.5 Å². The summed E-state index contributed by atoms with van der Waals surface area (Å²) in [7, 11) is 0. The molecule has 2 heterocycles. The van der Waals surface area contributed by atoms with Gasteiger partial charge in [0.2, 0.25) is 11.9 Å². The molecular formula is C19H17FN3O5+. The van der Waals surface area contributed by atoms with Crippen LogP contribution < -0.4 is 5.32 Å². The fraction of sp³-hybridized carbons (Fsp3) is 0.316. The van der Waals surface area contributed by atoms with Crippen molar-refractivity contribution in [2.75, 3.05) is 6.54 Å². The molecule has 2 atom stereocenters. The van der Waals surface area contributed by atoms with E-state index in [1.165, 1.54) is 35.4 Å². The van der Waals surface area contributed by atoms with Crippen molar-refractivity contribution in [3.05, 3.63) is 63.5 Å². The molecule has 1 saturated heterocycles. The number of aliphatic hydroxyl groups is 1. The van der Waals surface area contributed by atoms with Crippen LogP contribution in [0, 0.1) is 10.7 Å². The number of nitrogens with zero attached hydrogens (tertiary/aromatic N) is 2. The second-order valence-electron chi connectivity index (χ2n) is 6.92. The second-order valence-corrected chi connectivity index (χ2v) is 6.92. The highest BCUT2D eigenvalue weighted by molar-refractivity contribution is 6.22. The predicted octanol–water partition coefficient (Wildman–Crippen LogP) is 0.307. The van der Waals surface area contributed by atoms with Crippen LogP contribution in [-0.2, 0) is 20.9 Å². The normalized spacial score (nSPS) is 24.1. The van der Waals surface area contributed by atoms with E-state index in [0.29, 0.717) is 16.0 Å². The largest absolute Gasteiger partial charge is 0.375 e. The molecule has 28 heavy (non-hydrogen) atoms. The number of hydrogen-bond donors (Lipinski definition) is 2. The molecule has 2 N–H and O–H groups in total. The number of hydrogen-bond acceptors (Lipinski definition) is 5. The number of nitrogens with one attached hydrogen (secondary N) is 1. The van der Waals surface area contributed by atoms with E-state index in [-0.39, 0.29) is 43.0 Å². The number of carbonyl (C=O) groups is 3. The third-order valence-electron chi connectivity index (χ3n) is 5.20. The second kappa shape index (κ2) is 6.75. The fourth-order valence-corrected chi connectivity index (χ4v) is 3.71. The lowest BCUT2D eigenvalue weighted by Gasteiger charge is -2.27. The van der Waals surface area contributed by atoms with E-state index in [1.54, 1.807) is 0 Å². The third-order valence-corrected chi connectivity index (χ3v) is 5.20. The molecule has 1 aromatic carbocycles. The van der Waals surface area contributed by atoms with E-state index >= 15 is 0 Å². The Kier molecular flexibility index (Phi) is 4.38. The van der Waals surface area contributed by atoms with Gasteiger partial charge in [0, 0.05) is 25.0 Å². The maximum atomic E-state index is 12.9. The van der Waals surface area contributed by atoms with Crippen LogP contribution in [0.5, 0.6) is 0 Å². The van der Waals surface area contributed by atoms with Gasteiger partial charge in [0.1, 0.15) is 5.82 Å². The lowest BCUT2D eigenvalue weighted by molar-refractivity contribution is -0.679. The number of aliphatic hydroxyl groups excluding tert-OH is 1. The van der Waals surface area contributed by atoms with Gasteiger partial charge in [-0.15, -0.1) is 5.01 Å². The van der Waals surface area contributed by atoms with Crippen LogP contribution in [0.15, 0.2) is 47.2 Å². The van der Waals surface area contributed by atoms with Gasteiger partial charge < -0.3 is 10.4 Å². The number of allylic oxidation sites excluding steroid dienone is 1. The first-order valence-electron chi connectivity index (χ1n) is 8.83. The van der Waals surface area contributed by atoms with E-state index in [9.17, 15) is 28.8 Å². The summed E-state index contributed by atoms with van der Waals surface area (Å²) in [5.41, 5.74) is 0.534. The number of hydrazine groups is 1. The van der Waals surface area contributed by atoms with Gasteiger partial charge in [-0.05, 0) is 23.8 Å². The zero-order chi connectivity index (χ0) is 20.0. The highest BCUT2D eigenvalue weighted by Gasteiger charge is 2.53. The van der Waals surface area contributed by atoms with Crippen LogP contribution in [0.25, 0.3) is 0 Å². The molecule has 0 saturated carbocycles. The first kappa shape index (κ1) is 18.2. The first-order chi connectivity index (χ1) is 13.4. The number of fused-ring (bicyclic) bond motifs is 1. The van der Waals surface area contributed by atoms with Crippen molar-refractivity contribution in [1.82, 2.24) is 10.3 Å². The summed E-state index contributed by atoms with van der Waals surface area (Å²) in [5.74, 6) is -2.08. The lowest BCUT2D eigenvalue weighted by Crippen LogP contribution is -2.49. The topological polar surface area (TPSA) is 107 Å². The molecule has 1 amide bonds. The first-order valence-corrected chi connectivity index (χ1v) is 8.83. The quantitative estimate of drug-likeness (QED) is 0.572. The molecule has 0 bridgehead atoms. The number of Topliss-reactive ketones (excluding diaryl/α,β-unsaturated/α-hetero) is 2. The molecule has 9 heteroatoms. The maximum Gasteiger partial charge on any atom is 0.308 e. The van der Waals surface area contributed by atoms with Gasteiger partial charge in [0.25, 0.3) is 5.91 Å². The Morgan fingerprint density at radius 3 is 2.71 bits per heavy atom. The Bertz CT molecular complexity index is 966. The SMILES string of the molecule is O=C(NCc1ccc(F)cc1)C1=CC2=C(C(O)C1=O)[N+](=O)N1CCC(=O)C1C2. The van der Waals surface area contributed by atoms with Crippen LogP contribution in [0.4, 0.5) is 4.39 Å². The van der Waals surface area contributed by atoms with Gasteiger partial charge in [0.15, 0.2) is 16.7 Å². The number of benzene rings is 1. The minimum absolute atomic E-state index is 0.0638. The van der Waals surface area contributed by atoms with Crippen LogP contribution in [0.1, 0.15) is 18.4 Å². The molecule has 1 fully saturated rings. The van der Waals surface area contributed by atoms with E-state index < -0.39 is 29.7 Å². The molecule has 0 spiro atoms. The Hall–Kier alpha value is -3.20. The monoisotopic (exact) mass is 386 g/mol. The van der Waals surface area contributed by atoms with Crippen LogP contribution in [0.2, 0.25) is 0 Å². The standard InChI is InChI=1S/C19H16FN3O5/c20-12-3-1-10(2-4-12)9-21-19(27)13-7-11-8-14-15(24)5-6-22(14)23(28)16(11)18(26)17(13)25/h1-4,7,14,18,26H,5-6,8-9H2/p+1. The molecule has 1 aliphatic carbocycles.